The predicted octanol–water partition coefficient (Wildman–Crippen LogP) is 3.44. The molecule has 3 aromatic rings. The van der Waals surface area contributed by atoms with Gasteiger partial charge in [-0.25, -0.2) is 4.98 Å². The highest BCUT2D eigenvalue weighted by molar-refractivity contribution is 5.80. The fourth-order valence-electron chi connectivity index (χ4n) is 2.88. The van der Waals surface area contributed by atoms with Crippen LogP contribution >= 0.6 is 0 Å². The molecule has 6 heteroatoms. The van der Waals surface area contributed by atoms with E-state index in [1.165, 1.54) is 0 Å². The van der Waals surface area contributed by atoms with Crippen LogP contribution in [0.25, 0.3) is 16.8 Å². The minimum atomic E-state index is 0.154. The van der Waals surface area contributed by atoms with Crippen LogP contribution in [0.3, 0.4) is 0 Å². The molecular formula is C18H16N2O4. The number of nitrogens with one attached hydrogen (secondary N) is 1. The molecule has 2 N–H and O–H groups in total. The van der Waals surface area contributed by atoms with Gasteiger partial charge in [-0.15, -0.1) is 0 Å². The van der Waals surface area contributed by atoms with Crippen molar-refractivity contribution in [3.63, 3.8) is 0 Å². The van der Waals surface area contributed by atoms with E-state index in [4.69, 9.17) is 14.2 Å². The molecule has 0 atom stereocenters. The van der Waals surface area contributed by atoms with Gasteiger partial charge in [0.2, 0.25) is 0 Å². The molecule has 0 bridgehead atoms. The lowest BCUT2D eigenvalue weighted by molar-refractivity contribution is 0.343. The van der Waals surface area contributed by atoms with Crippen molar-refractivity contribution in [1.82, 2.24) is 9.97 Å². The summed E-state index contributed by atoms with van der Waals surface area (Å²) in [6, 6.07) is 9.23. The summed E-state index contributed by atoms with van der Waals surface area (Å²) in [7, 11) is 3.17. The van der Waals surface area contributed by atoms with Crippen molar-refractivity contribution in [2.24, 2.45) is 0 Å². The van der Waals surface area contributed by atoms with Crippen LogP contribution in [-0.4, -0.2) is 29.3 Å². The van der Waals surface area contributed by atoms with Crippen LogP contribution in [0.15, 0.2) is 42.4 Å². The SMILES string of the molecule is COc1cc(OC)c2c(c1)OC(c1ccc3[nH]cnc3c1)=C(O)C2. The van der Waals surface area contributed by atoms with E-state index >= 15 is 0 Å². The van der Waals surface area contributed by atoms with E-state index in [0.29, 0.717) is 29.4 Å². The molecule has 122 valence electrons. The monoisotopic (exact) mass is 324 g/mol. The van der Waals surface area contributed by atoms with Gasteiger partial charge in [-0.05, 0) is 18.2 Å². The van der Waals surface area contributed by atoms with Crippen molar-refractivity contribution in [2.45, 2.75) is 6.42 Å². The summed E-state index contributed by atoms with van der Waals surface area (Å²) in [5.74, 6) is 2.44. The summed E-state index contributed by atoms with van der Waals surface area (Å²) >= 11 is 0. The number of allylic oxidation sites excluding steroid dienone is 1. The fourth-order valence-corrected chi connectivity index (χ4v) is 2.88. The summed E-state index contributed by atoms with van der Waals surface area (Å²) in [5.41, 5.74) is 3.30. The van der Waals surface area contributed by atoms with Crippen LogP contribution < -0.4 is 14.2 Å². The summed E-state index contributed by atoms with van der Waals surface area (Å²) < 4.78 is 16.6. The lowest BCUT2D eigenvalue weighted by Gasteiger charge is -2.23. The first kappa shape index (κ1) is 14.4. The zero-order valence-electron chi connectivity index (χ0n) is 13.3. The number of aromatic nitrogens is 2. The first-order valence-electron chi connectivity index (χ1n) is 7.48. The van der Waals surface area contributed by atoms with Gasteiger partial charge >= 0.3 is 0 Å². The number of imidazole rings is 1. The first-order valence-corrected chi connectivity index (χ1v) is 7.48. The number of hydrogen-bond acceptors (Lipinski definition) is 5. The highest BCUT2D eigenvalue weighted by atomic mass is 16.5. The highest BCUT2D eigenvalue weighted by Gasteiger charge is 2.25. The van der Waals surface area contributed by atoms with Crippen LogP contribution in [0.2, 0.25) is 0 Å². The molecule has 1 aromatic heterocycles. The Morgan fingerprint density at radius 1 is 1.17 bits per heavy atom. The number of fused-ring (bicyclic) bond motifs is 2. The Hall–Kier alpha value is -3.15. The molecule has 1 aliphatic rings. The van der Waals surface area contributed by atoms with Crippen molar-refractivity contribution >= 4 is 16.8 Å². The summed E-state index contributed by atoms with van der Waals surface area (Å²) in [4.78, 5) is 7.29. The number of ether oxygens (including phenoxy) is 3. The van der Waals surface area contributed by atoms with E-state index in [1.807, 2.05) is 18.2 Å². The van der Waals surface area contributed by atoms with Crippen LogP contribution in [0.5, 0.6) is 17.2 Å². The van der Waals surface area contributed by atoms with Crippen molar-refractivity contribution < 1.29 is 19.3 Å². The van der Waals surface area contributed by atoms with Gasteiger partial charge in [0.05, 0.1) is 31.6 Å². The number of aliphatic hydroxyl groups is 1. The summed E-state index contributed by atoms with van der Waals surface area (Å²) in [6.07, 6.45) is 1.96. The molecule has 1 aliphatic heterocycles. The molecule has 0 unspecified atom stereocenters. The smallest absolute Gasteiger partial charge is 0.172 e. The molecule has 4 rings (SSSR count). The molecule has 0 saturated heterocycles. The van der Waals surface area contributed by atoms with Crippen LogP contribution in [0, 0.1) is 0 Å². The van der Waals surface area contributed by atoms with Gasteiger partial charge < -0.3 is 24.3 Å². The van der Waals surface area contributed by atoms with Gasteiger partial charge in [-0.3, -0.25) is 0 Å². The van der Waals surface area contributed by atoms with Crippen LogP contribution in [-0.2, 0) is 6.42 Å². The third kappa shape index (κ3) is 2.23. The fraction of sp³-hybridized carbons (Fsp3) is 0.167. The third-order valence-electron chi connectivity index (χ3n) is 4.10. The molecule has 6 nitrogen and oxygen atoms in total. The van der Waals surface area contributed by atoms with Crippen molar-refractivity contribution in [3.05, 3.63) is 53.5 Å². The van der Waals surface area contributed by atoms with E-state index in [1.54, 1.807) is 32.7 Å². The van der Waals surface area contributed by atoms with Crippen LogP contribution in [0.1, 0.15) is 11.1 Å². The molecular weight excluding hydrogens is 308 g/mol. The van der Waals surface area contributed by atoms with Crippen molar-refractivity contribution in [3.8, 4) is 17.2 Å². The molecule has 0 fully saturated rings. The molecule has 2 heterocycles. The topological polar surface area (TPSA) is 76.6 Å². The average Bonchev–Trinajstić information content (AvgIpc) is 3.08. The molecule has 0 aliphatic carbocycles. The van der Waals surface area contributed by atoms with Crippen LogP contribution in [0.4, 0.5) is 0 Å². The normalized spacial score (nSPS) is 13.6. The second-order valence-corrected chi connectivity index (χ2v) is 5.50. The second-order valence-electron chi connectivity index (χ2n) is 5.50. The summed E-state index contributed by atoms with van der Waals surface area (Å²) in [6.45, 7) is 0. The number of hydrogen-bond donors (Lipinski definition) is 2. The number of aliphatic hydroxyl groups excluding tert-OH is 1. The molecule has 0 amide bonds. The van der Waals surface area contributed by atoms with E-state index in [9.17, 15) is 5.11 Å². The van der Waals surface area contributed by atoms with Gasteiger partial charge in [-0.2, -0.15) is 0 Å². The minimum Gasteiger partial charge on any atom is -0.508 e. The van der Waals surface area contributed by atoms with Gasteiger partial charge in [0, 0.05) is 29.7 Å². The molecule has 0 saturated carbocycles. The van der Waals surface area contributed by atoms with Crippen molar-refractivity contribution in [2.75, 3.05) is 14.2 Å². The number of rotatable bonds is 3. The van der Waals surface area contributed by atoms with E-state index in [0.717, 1.165) is 22.2 Å². The van der Waals surface area contributed by atoms with Gasteiger partial charge in [0.1, 0.15) is 23.0 Å². The second kappa shape index (κ2) is 5.49. The molecule has 0 spiro atoms. The van der Waals surface area contributed by atoms with E-state index in [2.05, 4.69) is 9.97 Å². The number of aromatic amines is 1. The maximum Gasteiger partial charge on any atom is 0.172 e. The maximum atomic E-state index is 10.5. The molecule has 2 aromatic carbocycles. The zero-order valence-corrected chi connectivity index (χ0v) is 13.3. The Balaban J connectivity index is 1.79. The van der Waals surface area contributed by atoms with E-state index < -0.39 is 0 Å². The quantitative estimate of drug-likeness (QED) is 0.772. The minimum absolute atomic E-state index is 0.154. The molecule has 0 radical (unpaired) electrons. The Bertz CT molecular complexity index is 959. The van der Waals surface area contributed by atoms with Gasteiger partial charge in [0.15, 0.2) is 5.76 Å². The third-order valence-corrected chi connectivity index (χ3v) is 4.10. The Labute approximate surface area is 138 Å². The number of H-pyrrole nitrogens is 1. The first-order chi connectivity index (χ1) is 11.7. The largest absolute Gasteiger partial charge is 0.508 e. The lowest BCUT2D eigenvalue weighted by atomic mass is 10.0. The zero-order chi connectivity index (χ0) is 16.7. The van der Waals surface area contributed by atoms with E-state index in [-0.39, 0.29) is 5.76 Å². The maximum absolute atomic E-state index is 10.5. The van der Waals surface area contributed by atoms with Gasteiger partial charge in [0.25, 0.3) is 0 Å². The number of benzene rings is 2. The average molecular weight is 324 g/mol. The Morgan fingerprint density at radius 3 is 2.83 bits per heavy atom. The number of nitrogens with zero attached hydrogens (tertiary/aromatic N) is 1. The van der Waals surface area contributed by atoms with Crippen molar-refractivity contribution in [1.29, 1.82) is 0 Å². The number of methoxy groups -OCH3 is 2. The highest BCUT2D eigenvalue weighted by Crippen LogP contribution is 2.41. The predicted molar refractivity (Wildman–Crippen MR) is 89.5 cm³/mol. The summed E-state index contributed by atoms with van der Waals surface area (Å²) in [5, 5.41) is 10.5. The Kier molecular flexibility index (Phi) is 3.30. The standard InChI is InChI=1S/C18H16N2O4/c1-22-11-6-16(23-2)12-8-15(21)18(24-17(12)7-11)10-3-4-13-14(5-10)20-9-19-13/h3-7,9,21H,8H2,1-2H3,(H,19,20). The molecule has 24 heavy (non-hydrogen) atoms. The van der Waals surface area contributed by atoms with Gasteiger partial charge in [-0.1, -0.05) is 0 Å². The lowest BCUT2D eigenvalue weighted by Crippen LogP contribution is -2.11. The Morgan fingerprint density at radius 2 is 2.04 bits per heavy atom.